The number of hydrogen-bond acceptors (Lipinski definition) is 3. The molecule has 0 bridgehead atoms. The van der Waals surface area contributed by atoms with Gasteiger partial charge in [-0.25, -0.2) is 0 Å². The molecule has 4 nitrogen and oxygen atoms in total. The molecule has 0 heterocycles. The van der Waals surface area contributed by atoms with Gasteiger partial charge in [0.25, 0.3) is 10.1 Å². The largest absolute Gasteiger partial charge is 0.495 e. The van der Waals surface area contributed by atoms with Gasteiger partial charge in [-0.15, -0.1) is 0 Å². The number of benzene rings is 1. The molecule has 80 valence electrons. The first-order chi connectivity index (χ1) is 5.95. The first-order valence-corrected chi connectivity index (χ1v) is 5.08. The molecule has 0 spiro atoms. The fourth-order valence-corrected chi connectivity index (χ4v) is 1.65. The molecule has 0 aliphatic rings. The highest BCUT2D eigenvalue weighted by atomic mass is 35.5. The van der Waals surface area contributed by atoms with Crippen molar-refractivity contribution in [1.29, 1.82) is 0 Å². The van der Waals surface area contributed by atoms with E-state index in [4.69, 9.17) is 20.9 Å². The maximum Gasteiger partial charge on any atom is 0.298 e. The quantitative estimate of drug-likeness (QED) is 0.803. The zero-order chi connectivity index (χ0) is 10.1. The van der Waals surface area contributed by atoms with Crippen LogP contribution in [0.25, 0.3) is 0 Å². The molecule has 0 aliphatic heterocycles. The summed E-state index contributed by atoms with van der Waals surface area (Å²) in [5.41, 5.74) is 0. The highest BCUT2D eigenvalue weighted by Gasteiger charge is 2.15. The molecule has 14 heavy (non-hydrogen) atoms. The summed E-state index contributed by atoms with van der Waals surface area (Å²) in [5.74, 6) is 0.0231. The second-order valence-electron chi connectivity index (χ2n) is 2.27. The van der Waals surface area contributed by atoms with Crippen LogP contribution in [-0.4, -0.2) is 20.1 Å². The zero-order valence-corrected chi connectivity index (χ0v) is 8.67. The minimum absolute atomic E-state index is 0. The van der Waals surface area contributed by atoms with Crippen molar-refractivity contribution in [2.45, 2.75) is 4.90 Å². The first kappa shape index (κ1) is 13.2. The van der Waals surface area contributed by atoms with Gasteiger partial charge in [-0.05, 0) is 12.1 Å². The molecule has 0 saturated heterocycles. The van der Waals surface area contributed by atoms with Crippen molar-refractivity contribution in [1.82, 2.24) is 0 Å². The molecule has 0 amide bonds. The lowest BCUT2D eigenvalue weighted by molar-refractivity contribution is 0.397. The third-order valence-corrected chi connectivity index (χ3v) is 2.53. The number of halogens is 2. The number of hydrogen-bond donors (Lipinski definition) is 1. The molecule has 0 saturated carbocycles. The van der Waals surface area contributed by atoms with E-state index in [0.29, 0.717) is 5.02 Å². The van der Waals surface area contributed by atoms with E-state index in [9.17, 15) is 8.42 Å². The van der Waals surface area contributed by atoms with E-state index in [1.165, 1.54) is 25.3 Å². The van der Waals surface area contributed by atoms with Crippen LogP contribution < -0.4 is 4.74 Å². The Hall–Kier alpha value is -0.850. The minimum Gasteiger partial charge on any atom is -0.495 e. The Morgan fingerprint density at radius 3 is 2.43 bits per heavy atom. The van der Waals surface area contributed by atoms with E-state index < -0.39 is 10.1 Å². The smallest absolute Gasteiger partial charge is 0.298 e. The molecule has 0 atom stereocenters. The minimum atomic E-state index is -4.25. The Kier molecular flexibility index (Phi) is 4.31. The van der Waals surface area contributed by atoms with E-state index in [1.807, 2.05) is 0 Å². The number of methoxy groups -OCH3 is 1. The average Bonchev–Trinajstić information content (AvgIpc) is 2.01. The van der Waals surface area contributed by atoms with Gasteiger partial charge in [-0.3, -0.25) is 9.26 Å². The van der Waals surface area contributed by atoms with Crippen LogP contribution in [0.15, 0.2) is 23.1 Å². The Morgan fingerprint density at radius 1 is 1.43 bits per heavy atom. The summed E-state index contributed by atoms with van der Waals surface area (Å²) in [5, 5.41) is 0.337. The molecule has 0 aromatic heterocycles. The second-order valence-corrected chi connectivity index (χ2v) is 4.10. The number of ether oxygens (including phenoxy) is 1. The summed E-state index contributed by atoms with van der Waals surface area (Å²) in [4.78, 5) is -0.292. The molecule has 1 aromatic rings. The van der Waals surface area contributed by atoms with Crippen LogP contribution in [0.5, 0.6) is 5.75 Å². The third-order valence-electron chi connectivity index (χ3n) is 1.40. The van der Waals surface area contributed by atoms with Crippen LogP contribution in [0.2, 0.25) is 5.02 Å². The van der Waals surface area contributed by atoms with Crippen LogP contribution in [0, 0.1) is 0 Å². The maximum atomic E-state index is 10.8. The second kappa shape index (κ2) is 4.59. The highest BCUT2D eigenvalue weighted by molar-refractivity contribution is 7.86. The summed E-state index contributed by atoms with van der Waals surface area (Å²) >= 11 is 5.59. The van der Waals surface area contributed by atoms with Crippen molar-refractivity contribution in [2.24, 2.45) is 0 Å². The van der Waals surface area contributed by atoms with Gasteiger partial charge in [0, 0.05) is 11.1 Å². The lowest BCUT2D eigenvalue weighted by atomic mass is 10.3. The monoisotopic (exact) mass is 242 g/mol. The molecule has 1 rings (SSSR count). The average molecular weight is 243 g/mol. The van der Waals surface area contributed by atoms with Crippen LogP contribution >= 0.6 is 11.6 Å². The fourth-order valence-electron chi connectivity index (χ4n) is 0.855. The molecule has 0 radical (unpaired) electrons. The Bertz CT molecular complexity index is 418. The Morgan fingerprint density at radius 2 is 2.00 bits per heavy atom. The lowest BCUT2D eigenvalue weighted by Gasteiger charge is -2.05. The fraction of sp³-hybridized carbons (Fsp3) is 0.143. The van der Waals surface area contributed by atoms with Crippen molar-refractivity contribution >= 4 is 21.7 Å². The molecule has 1 N–H and O–H groups in total. The van der Waals surface area contributed by atoms with Gasteiger partial charge in [-0.1, -0.05) is 11.6 Å². The summed E-state index contributed by atoms with van der Waals surface area (Å²) in [6.45, 7) is 0. The van der Waals surface area contributed by atoms with Crippen molar-refractivity contribution in [3.8, 4) is 5.75 Å². The van der Waals surface area contributed by atoms with Crippen molar-refractivity contribution in [2.75, 3.05) is 7.11 Å². The molecular formula is C7H8ClFO4S. The topological polar surface area (TPSA) is 63.6 Å². The van der Waals surface area contributed by atoms with Gasteiger partial charge in [-0.2, -0.15) is 8.42 Å². The predicted octanol–water partition coefficient (Wildman–Crippen LogP) is 1.75. The molecule has 1 aromatic carbocycles. The van der Waals surface area contributed by atoms with E-state index >= 15 is 0 Å². The third kappa shape index (κ3) is 2.83. The Labute approximate surface area is 85.6 Å². The molecule has 0 aliphatic carbocycles. The molecule has 0 unspecified atom stereocenters. The van der Waals surface area contributed by atoms with Crippen LogP contribution in [0.4, 0.5) is 4.70 Å². The van der Waals surface area contributed by atoms with E-state index in [0.717, 1.165) is 0 Å². The van der Waals surface area contributed by atoms with Gasteiger partial charge in [0.05, 0.1) is 7.11 Å². The first-order valence-electron chi connectivity index (χ1n) is 3.26. The van der Waals surface area contributed by atoms with Gasteiger partial charge >= 0.3 is 0 Å². The van der Waals surface area contributed by atoms with E-state index in [2.05, 4.69) is 0 Å². The van der Waals surface area contributed by atoms with Crippen LogP contribution in [0.3, 0.4) is 0 Å². The van der Waals surface area contributed by atoms with Gasteiger partial charge in [0.2, 0.25) is 0 Å². The van der Waals surface area contributed by atoms with Gasteiger partial charge < -0.3 is 4.74 Å². The highest BCUT2D eigenvalue weighted by Crippen LogP contribution is 2.26. The van der Waals surface area contributed by atoms with Crippen molar-refractivity contribution in [3.63, 3.8) is 0 Å². The predicted molar refractivity (Wildman–Crippen MR) is 50.3 cm³/mol. The van der Waals surface area contributed by atoms with Crippen LogP contribution in [0.1, 0.15) is 0 Å². The van der Waals surface area contributed by atoms with Crippen molar-refractivity contribution < 1.29 is 22.4 Å². The molecule has 7 heteroatoms. The Balaban J connectivity index is 0.00000169. The molecule has 0 fully saturated rings. The van der Waals surface area contributed by atoms with E-state index in [-0.39, 0.29) is 15.3 Å². The zero-order valence-electron chi connectivity index (χ0n) is 7.10. The lowest BCUT2D eigenvalue weighted by Crippen LogP contribution is -2.00. The SMILES string of the molecule is COc1cc(Cl)ccc1S(=O)(=O)O.F. The van der Waals surface area contributed by atoms with Crippen molar-refractivity contribution in [3.05, 3.63) is 23.2 Å². The summed E-state index contributed by atoms with van der Waals surface area (Å²) in [6.07, 6.45) is 0. The number of rotatable bonds is 2. The molecular weight excluding hydrogens is 235 g/mol. The summed E-state index contributed by atoms with van der Waals surface area (Å²) < 4.78 is 35.0. The van der Waals surface area contributed by atoms with E-state index in [1.54, 1.807) is 0 Å². The summed E-state index contributed by atoms with van der Waals surface area (Å²) in [6, 6.07) is 3.84. The maximum absolute atomic E-state index is 10.8. The van der Waals surface area contributed by atoms with Gasteiger partial charge in [0.15, 0.2) is 0 Å². The van der Waals surface area contributed by atoms with Gasteiger partial charge in [0.1, 0.15) is 10.6 Å². The normalized spacial score (nSPS) is 10.5. The summed E-state index contributed by atoms with van der Waals surface area (Å²) in [7, 11) is -2.95. The van der Waals surface area contributed by atoms with Crippen LogP contribution in [-0.2, 0) is 10.1 Å². The standard InChI is InChI=1S/C7H7ClO4S.FH/c1-12-6-4-5(8)2-3-7(6)13(9,10)11;/h2-4H,1H3,(H,9,10,11);1H.